The van der Waals surface area contributed by atoms with Crippen LogP contribution in [0.5, 0.6) is 0 Å². The molecule has 0 fully saturated rings. The molecule has 4 nitrogen and oxygen atoms in total. The van der Waals surface area contributed by atoms with Crippen molar-refractivity contribution < 1.29 is 4.79 Å². The van der Waals surface area contributed by atoms with Crippen molar-refractivity contribution in [3.05, 3.63) is 95.8 Å². The Bertz CT molecular complexity index is 779. The highest BCUT2D eigenvalue weighted by Crippen LogP contribution is 2.10. The topological polar surface area (TPSA) is 46.4 Å². The molecule has 0 aliphatic heterocycles. The number of rotatable bonds is 4. The smallest absolute Gasteiger partial charge is 0.287 e. The summed E-state index contributed by atoms with van der Waals surface area (Å²) >= 11 is 0. The summed E-state index contributed by atoms with van der Waals surface area (Å²) in [5, 5.41) is 4.36. The standard InChI is InChI=1S/C19H17N3O/c1-22-14-8-13-17(22)19(23)21-20-18(15-9-4-2-5-10-15)16-11-6-3-7-12-16/h2-14H,1H3,(H,21,23). The van der Waals surface area contributed by atoms with E-state index in [9.17, 15) is 4.79 Å². The third kappa shape index (κ3) is 3.37. The van der Waals surface area contributed by atoms with E-state index in [1.807, 2.05) is 80.0 Å². The molecule has 0 aliphatic rings. The maximum Gasteiger partial charge on any atom is 0.287 e. The fourth-order valence-corrected chi connectivity index (χ4v) is 2.35. The lowest BCUT2D eigenvalue weighted by Crippen LogP contribution is -2.22. The molecule has 4 heteroatoms. The monoisotopic (exact) mass is 303 g/mol. The van der Waals surface area contributed by atoms with Crippen molar-refractivity contribution in [2.75, 3.05) is 0 Å². The largest absolute Gasteiger partial charge is 0.347 e. The maximum atomic E-state index is 12.3. The second-order valence-corrected chi connectivity index (χ2v) is 5.14. The molecule has 3 aromatic rings. The lowest BCUT2D eigenvalue weighted by Gasteiger charge is -2.08. The van der Waals surface area contributed by atoms with Crippen LogP contribution in [-0.4, -0.2) is 16.2 Å². The van der Waals surface area contributed by atoms with E-state index in [2.05, 4.69) is 10.5 Å². The minimum Gasteiger partial charge on any atom is -0.347 e. The number of carbonyl (C=O) groups excluding carboxylic acids is 1. The molecule has 1 N–H and O–H groups in total. The number of hydrogen-bond acceptors (Lipinski definition) is 2. The first kappa shape index (κ1) is 14.8. The molecule has 0 saturated heterocycles. The molecule has 0 bridgehead atoms. The highest BCUT2D eigenvalue weighted by Gasteiger charge is 2.10. The van der Waals surface area contributed by atoms with Crippen molar-refractivity contribution in [1.29, 1.82) is 0 Å². The Morgan fingerprint density at radius 1 is 0.870 bits per heavy atom. The average molecular weight is 303 g/mol. The number of nitrogens with zero attached hydrogens (tertiary/aromatic N) is 2. The van der Waals surface area contributed by atoms with Crippen molar-refractivity contribution >= 4 is 11.6 Å². The Hall–Kier alpha value is -3.14. The molecule has 0 aliphatic carbocycles. The van der Waals surface area contributed by atoms with E-state index in [-0.39, 0.29) is 5.91 Å². The first-order valence-corrected chi connectivity index (χ1v) is 7.36. The summed E-state index contributed by atoms with van der Waals surface area (Å²) in [6.45, 7) is 0. The van der Waals surface area contributed by atoms with Gasteiger partial charge in [0.1, 0.15) is 5.69 Å². The van der Waals surface area contributed by atoms with Gasteiger partial charge < -0.3 is 4.57 Å². The lowest BCUT2D eigenvalue weighted by molar-refractivity contribution is 0.0947. The zero-order valence-corrected chi connectivity index (χ0v) is 12.8. The summed E-state index contributed by atoms with van der Waals surface area (Å²) in [7, 11) is 1.83. The van der Waals surface area contributed by atoms with E-state index < -0.39 is 0 Å². The Labute approximate surface area is 135 Å². The summed E-state index contributed by atoms with van der Waals surface area (Å²) < 4.78 is 1.76. The van der Waals surface area contributed by atoms with Crippen LogP contribution in [0.25, 0.3) is 0 Å². The van der Waals surface area contributed by atoms with E-state index in [1.165, 1.54) is 0 Å². The van der Waals surface area contributed by atoms with Gasteiger partial charge in [-0.05, 0) is 12.1 Å². The number of aromatic nitrogens is 1. The van der Waals surface area contributed by atoms with Gasteiger partial charge in [-0.3, -0.25) is 4.79 Å². The summed E-state index contributed by atoms with van der Waals surface area (Å²) in [6.07, 6.45) is 1.83. The zero-order chi connectivity index (χ0) is 16.1. The van der Waals surface area contributed by atoms with E-state index >= 15 is 0 Å². The summed E-state index contributed by atoms with van der Waals surface area (Å²) in [5.74, 6) is -0.234. The van der Waals surface area contributed by atoms with Crippen LogP contribution >= 0.6 is 0 Å². The molecule has 3 rings (SSSR count). The van der Waals surface area contributed by atoms with Crippen LogP contribution in [-0.2, 0) is 7.05 Å². The molecule has 114 valence electrons. The molecular weight excluding hydrogens is 286 g/mol. The molecule has 0 radical (unpaired) electrons. The third-order valence-corrected chi connectivity index (χ3v) is 3.54. The molecule has 2 aromatic carbocycles. The number of aryl methyl sites for hydroxylation is 1. The van der Waals surface area contributed by atoms with Crippen LogP contribution in [0, 0.1) is 0 Å². The third-order valence-electron chi connectivity index (χ3n) is 3.54. The fourth-order valence-electron chi connectivity index (χ4n) is 2.35. The van der Waals surface area contributed by atoms with Crippen LogP contribution < -0.4 is 5.43 Å². The minimum atomic E-state index is -0.234. The van der Waals surface area contributed by atoms with Gasteiger partial charge in [-0.25, -0.2) is 5.43 Å². The maximum absolute atomic E-state index is 12.3. The predicted octanol–water partition coefficient (Wildman–Crippen LogP) is 3.21. The van der Waals surface area contributed by atoms with Crippen molar-refractivity contribution in [3.63, 3.8) is 0 Å². The van der Waals surface area contributed by atoms with E-state index in [1.54, 1.807) is 10.6 Å². The summed E-state index contributed by atoms with van der Waals surface area (Å²) in [6, 6.07) is 23.2. The average Bonchev–Trinajstić information content (AvgIpc) is 3.03. The molecule has 23 heavy (non-hydrogen) atoms. The fraction of sp³-hybridized carbons (Fsp3) is 0.0526. The number of benzene rings is 2. The molecule has 0 spiro atoms. The molecule has 0 unspecified atom stereocenters. The number of hydrogen-bond donors (Lipinski definition) is 1. The predicted molar refractivity (Wildman–Crippen MR) is 91.4 cm³/mol. The van der Waals surface area contributed by atoms with Gasteiger partial charge in [-0.1, -0.05) is 60.7 Å². The SMILES string of the molecule is Cn1cccc1C(=O)NN=C(c1ccccc1)c1ccccc1. The molecular formula is C19H17N3O. The van der Waals surface area contributed by atoms with Crippen LogP contribution in [0.3, 0.4) is 0 Å². The van der Waals surface area contributed by atoms with Gasteiger partial charge in [0.2, 0.25) is 0 Å². The molecule has 1 aromatic heterocycles. The van der Waals surface area contributed by atoms with Crippen molar-refractivity contribution in [1.82, 2.24) is 9.99 Å². The zero-order valence-electron chi connectivity index (χ0n) is 12.8. The van der Waals surface area contributed by atoms with E-state index in [0.29, 0.717) is 5.69 Å². The Kier molecular flexibility index (Phi) is 4.34. The molecule has 0 atom stereocenters. The van der Waals surface area contributed by atoms with Crippen LogP contribution in [0.15, 0.2) is 84.1 Å². The van der Waals surface area contributed by atoms with Crippen molar-refractivity contribution in [3.8, 4) is 0 Å². The van der Waals surface area contributed by atoms with Gasteiger partial charge in [0.05, 0.1) is 5.71 Å². The molecule has 1 amide bonds. The van der Waals surface area contributed by atoms with Crippen molar-refractivity contribution in [2.24, 2.45) is 12.1 Å². The number of amides is 1. The first-order chi connectivity index (χ1) is 11.3. The highest BCUT2D eigenvalue weighted by atomic mass is 16.2. The van der Waals surface area contributed by atoms with Gasteiger partial charge in [0, 0.05) is 24.4 Å². The van der Waals surface area contributed by atoms with Crippen LogP contribution in [0.4, 0.5) is 0 Å². The minimum absolute atomic E-state index is 0.234. The van der Waals surface area contributed by atoms with Gasteiger partial charge in [-0.15, -0.1) is 0 Å². The Morgan fingerprint density at radius 3 is 1.91 bits per heavy atom. The van der Waals surface area contributed by atoms with E-state index in [4.69, 9.17) is 0 Å². The molecule has 1 heterocycles. The second-order valence-electron chi connectivity index (χ2n) is 5.14. The second kappa shape index (κ2) is 6.75. The highest BCUT2D eigenvalue weighted by molar-refractivity contribution is 6.13. The van der Waals surface area contributed by atoms with Crippen LogP contribution in [0.1, 0.15) is 21.6 Å². The van der Waals surface area contributed by atoms with Crippen molar-refractivity contribution in [2.45, 2.75) is 0 Å². The van der Waals surface area contributed by atoms with Gasteiger partial charge in [0.15, 0.2) is 0 Å². The summed E-state index contributed by atoms with van der Waals surface area (Å²) in [4.78, 5) is 12.3. The Balaban J connectivity index is 1.93. The quantitative estimate of drug-likeness (QED) is 0.584. The van der Waals surface area contributed by atoms with E-state index in [0.717, 1.165) is 16.8 Å². The van der Waals surface area contributed by atoms with Gasteiger partial charge in [0.25, 0.3) is 5.91 Å². The van der Waals surface area contributed by atoms with Gasteiger partial charge >= 0.3 is 0 Å². The summed E-state index contributed by atoms with van der Waals surface area (Å²) in [5.41, 5.74) is 5.85. The molecule has 0 saturated carbocycles. The number of nitrogens with one attached hydrogen (secondary N) is 1. The number of carbonyl (C=O) groups is 1. The normalized spacial score (nSPS) is 10.1. The van der Waals surface area contributed by atoms with Crippen LogP contribution in [0.2, 0.25) is 0 Å². The van der Waals surface area contributed by atoms with Gasteiger partial charge in [-0.2, -0.15) is 5.10 Å². The Morgan fingerprint density at radius 2 is 1.43 bits per heavy atom. The first-order valence-electron chi connectivity index (χ1n) is 7.36. The number of hydrazone groups is 1. The lowest BCUT2D eigenvalue weighted by atomic mass is 10.0.